The Hall–Kier alpha value is -2.44. The molecule has 0 spiro atoms. The first-order valence-corrected chi connectivity index (χ1v) is 9.79. The molecule has 3 aromatic rings. The number of nitrogens with one attached hydrogen (secondary N) is 1. The summed E-state index contributed by atoms with van der Waals surface area (Å²) in [6.45, 7) is 3.53. The molecule has 1 N–H and O–H groups in total. The van der Waals surface area contributed by atoms with Gasteiger partial charge in [0.15, 0.2) is 0 Å². The fourth-order valence-electron chi connectivity index (χ4n) is 3.16. The Labute approximate surface area is 147 Å². The molecule has 1 aliphatic heterocycles. The molecule has 5 nitrogen and oxygen atoms in total. The molecule has 1 aliphatic rings. The summed E-state index contributed by atoms with van der Waals surface area (Å²) in [5, 5.41) is 5.20. The molecule has 0 saturated carbocycles. The van der Waals surface area contributed by atoms with E-state index in [1.165, 1.54) is 0 Å². The molecule has 1 fully saturated rings. The first kappa shape index (κ1) is 16.1. The topological polar surface area (TPSA) is 62.3 Å². The van der Waals surface area contributed by atoms with Gasteiger partial charge in [-0.1, -0.05) is 24.3 Å². The minimum atomic E-state index is -3.54. The van der Waals surface area contributed by atoms with Crippen molar-refractivity contribution in [1.82, 2.24) is 10.3 Å². The van der Waals surface area contributed by atoms with Crippen LogP contribution in [0.3, 0.4) is 0 Å². The van der Waals surface area contributed by atoms with Crippen molar-refractivity contribution in [2.24, 2.45) is 0 Å². The van der Waals surface area contributed by atoms with Gasteiger partial charge >= 0.3 is 0 Å². The number of nitrogens with zero attached hydrogens (tertiary/aromatic N) is 2. The van der Waals surface area contributed by atoms with Crippen LogP contribution >= 0.6 is 0 Å². The van der Waals surface area contributed by atoms with Gasteiger partial charge in [0.05, 0.1) is 9.79 Å². The lowest BCUT2D eigenvalue weighted by Gasteiger charge is -2.29. The number of anilines is 1. The molecular formula is C19H19N3O2S. The van der Waals surface area contributed by atoms with Gasteiger partial charge in [-0.3, -0.25) is 0 Å². The van der Waals surface area contributed by atoms with Crippen molar-refractivity contribution < 1.29 is 8.42 Å². The highest BCUT2D eigenvalue weighted by Gasteiger charge is 2.20. The fourth-order valence-corrected chi connectivity index (χ4v) is 4.47. The molecule has 0 amide bonds. The van der Waals surface area contributed by atoms with E-state index in [4.69, 9.17) is 0 Å². The largest absolute Gasteiger partial charge is 0.354 e. The highest BCUT2D eigenvalue weighted by atomic mass is 32.2. The number of aromatic nitrogens is 1. The Morgan fingerprint density at radius 2 is 1.68 bits per heavy atom. The monoisotopic (exact) mass is 353 g/mol. The zero-order valence-corrected chi connectivity index (χ0v) is 14.5. The highest BCUT2D eigenvalue weighted by molar-refractivity contribution is 7.91. The van der Waals surface area contributed by atoms with Crippen LogP contribution in [0.2, 0.25) is 0 Å². The van der Waals surface area contributed by atoms with Crippen LogP contribution in [0.4, 0.5) is 5.82 Å². The maximum atomic E-state index is 12.9. The van der Waals surface area contributed by atoms with Gasteiger partial charge in [0.1, 0.15) is 5.82 Å². The summed E-state index contributed by atoms with van der Waals surface area (Å²) in [6.07, 6.45) is 1.78. The van der Waals surface area contributed by atoms with Gasteiger partial charge in [-0.05, 0) is 35.7 Å². The van der Waals surface area contributed by atoms with Gasteiger partial charge in [-0.2, -0.15) is 0 Å². The number of rotatable bonds is 3. The minimum Gasteiger partial charge on any atom is -0.354 e. The van der Waals surface area contributed by atoms with Gasteiger partial charge in [-0.15, -0.1) is 0 Å². The van der Waals surface area contributed by atoms with Gasteiger partial charge in [0.2, 0.25) is 9.84 Å². The number of hydrogen-bond donors (Lipinski definition) is 1. The lowest BCUT2D eigenvalue weighted by molar-refractivity contribution is 0.586. The van der Waals surface area contributed by atoms with Crippen molar-refractivity contribution in [3.8, 4) is 0 Å². The maximum Gasteiger partial charge on any atom is 0.206 e. The van der Waals surface area contributed by atoms with Crippen LogP contribution < -0.4 is 10.2 Å². The SMILES string of the molecule is O=S(=O)(c1ccccc1)c1ccc2ccnc(N3CCNCC3)c2c1. The smallest absolute Gasteiger partial charge is 0.206 e. The zero-order chi connectivity index (χ0) is 17.3. The van der Waals surface area contributed by atoms with E-state index in [1.54, 1.807) is 42.6 Å². The predicted octanol–water partition coefficient (Wildman–Crippen LogP) is 2.48. The van der Waals surface area contributed by atoms with Crippen LogP contribution in [0.1, 0.15) is 0 Å². The molecule has 0 aliphatic carbocycles. The Morgan fingerprint density at radius 1 is 0.920 bits per heavy atom. The third kappa shape index (κ3) is 2.99. The summed E-state index contributed by atoms with van der Waals surface area (Å²) in [7, 11) is -3.54. The lowest BCUT2D eigenvalue weighted by atomic mass is 10.1. The second-order valence-corrected chi connectivity index (χ2v) is 8.02. The van der Waals surface area contributed by atoms with E-state index in [9.17, 15) is 8.42 Å². The molecule has 128 valence electrons. The van der Waals surface area contributed by atoms with Crippen molar-refractivity contribution in [3.63, 3.8) is 0 Å². The molecular weight excluding hydrogens is 334 g/mol. The van der Waals surface area contributed by atoms with E-state index in [0.29, 0.717) is 9.79 Å². The van der Waals surface area contributed by atoms with Gasteiger partial charge in [0.25, 0.3) is 0 Å². The second-order valence-electron chi connectivity index (χ2n) is 6.07. The van der Waals surface area contributed by atoms with Gasteiger partial charge in [-0.25, -0.2) is 13.4 Å². The molecule has 1 aromatic heterocycles. The summed E-state index contributed by atoms with van der Waals surface area (Å²) in [6, 6.07) is 15.7. The van der Waals surface area contributed by atoms with Crippen LogP contribution in [0.5, 0.6) is 0 Å². The van der Waals surface area contributed by atoms with E-state index in [2.05, 4.69) is 15.2 Å². The molecule has 0 atom stereocenters. The lowest BCUT2D eigenvalue weighted by Crippen LogP contribution is -2.43. The quantitative estimate of drug-likeness (QED) is 0.784. The van der Waals surface area contributed by atoms with E-state index in [0.717, 1.165) is 42.8 Å². The number of hydrogen-bond acceptors (Lipinski definition) is 5. The number of piperazine rings is 1. The first-order valence-electron chi connectivity index (χ1n) is 8.31. The molecule has 25 heavy (non-hydrogen) atoms. The minimum absolute atomic E-state index is 0.301. The van der Waals surface area contributed by atoms with Gasteiger partial charge < -0.3 is 10.2 Å². The summed E-state index contributed by atoms with van der Waals surface area (Å²) in [4.78, 5) is 7.34. The van der Waals surface area contributed by atoms with E-state index < -0.39 is 9.84 Å². The van der Waals surface area contributed by atoms with Crippen molar-refractivity contribution in [2.45, 2.75) is 9.79 Å². The molecule has 0 unspecified atom stereocenters. The Balaban J connectivity index is 1.84. The van der Waals surface area contributed by atoms with Crippen LogP contribution in [0.25, 0.3) is 10.8 Å². The average molecular weight is 353 g/mol. The zero-order valence-electron chi connectivity index (χ0n) is 13.7. The molecule has 2 heterocycles. The highest BCUT2D eigenvalue weighted by Crippen LogP contribution is 2.29. The number of fused-ring (bicyclic) bond motifs is 1. The second kappa shape index (κ2) is 6.46. The fraction of sp³-hybridized carbons (Fsp3) is 0.211. The molecule has 1 saturated heterocycles. The normalized spacial score (nSPS) is 15.4. The Morgan fingerprint density at radius 3 is 2.44 bits per heavy atom. The number of sulfone groups is 1. The van der Waals surface area contributed by atoms with Crippen LogP contribution in [0.15, 0.2) is 70.6 Å². The molecule has 0 radical (unpaired) electrons. The Kier molecular flexibility index (Phi) is 4.15. The van der Waals surface area contributed by atoms with Crippen molar-refractivity contribution in [2.75, 3.05) is 31.1 Å². The first-order chi connectivity index (χ1) is 12.2. The standard InChI is InChI=1S/C19H19N3O2S/c23-25(24,16-4-2-1-3-5-16)17-7-6-15-8-9-21-19(18(15)14-17)22-12-10-20-11-13-22/h1-9,14,20H,10-13H2. The van der Waals surface area contributed by atoms with Crippen LogP contribution in [-0.4, -0.2) is 39.6 Å². The molecule has 0 bridgehead atoms. The van der Waals surface area contributed by atoms with Crippen molar-refractivity contribution >= 4 is 26.4 Å². The average Bonchev–Trinajstić information content (AvgIpc) is 2.68. The third-order valence-corrected chi connectivity index (χ3v) is 6.26. The summed E-state index contributed by atoms with van der Waals surface area (Å²) in [5.41, 5.74) is 0. The van der Waals surface area contributed by atoms with Crippen molar-refractivity contribution in [3.05, 3.63) is 60.8 Å². The molecule has 2 aromatic carbocycles. The van der Waals surface area contributed by atoms with E-state index >= 15 is 0 Å². The van der Waals surface area contributed by atoms with Gasteiger partial charge in [0, 0.05) is 37.8 Å². The number of pyridine rings is 1. The van der Waals surface area contributed by atoms with Crippen LogP contribution in [-0.2, 0) is 9.84 Å². The van der Waals surface area contributed by atoms with Crippen molar-refractivity contribution in [1.29, 1.82) is 0 Å². The van der Waals surface area contributed by atoms with E-state index in [1.807, 2.05) is 18.2 Å². The predicted molar refractivity (Wildman–Crippen MR) is 98.7 cm³/mol. The number of benzene rings is 2. The molecule has 4 rings (SSSR count). The van der Waals surface area contributed by atoms with E-state index in [-0.39, 0.29) is 0 Å². The molecule has 6 heteroatoms. The maximum absolute atomic E-state index is 12.9. The summed E-state index contributed by atoms with van der Waals surface area (Å²) < 4.78 is 25.8. The summed E-state index contributed by atoms with van der Waals surface area (Å²) in [5.74, 6) is 0.851. The Bertz CT molecular complexity index is 998. The third-order valence-electron chi connectivity index (χ3n) is 4.50. The van der Waals surface area contributed by atoms with Crippen LogP contribution in [0, 0.1) is 0 Å². The summed E-state index contributed by atoms with van der Waals surface area (Å²) >= 11 is 0.